The van der Waals surface area contributed by atoms with Gasteiger partial charge in [0.15, 0.2) is 46.5 Å². The first-order valence-electron chi connectivity index (χ1n) is 30.7. The number of alkyl halides is 6. The van der Waals surface area contributed by atoms with Crippen molar-refractivity contribution in [1.82, 2.24) is 18.3 Å². The average molecular weight is 1340 g/mol. The molecule has 4 heterocycles. The number of aryl methyl sites for hydroxylation is 3. The lowest BCUT2D eigenvalue weighted by molar-refractivity contribution is -0.137. The normalized spacial score (nSPS) is 13.0. The molecular weight excluding hydrogens is 1300 g/mol. The average Bonchev–Trinajstić information content (AvgIpc) is 1.45. The van der Waals surface area contributed by atoms with E-state index in [1.165, 1.54) is 4.57 Å². The maximum atomic E-state index is 16.2. The summed E-state index contributed by atoms with van der Waals surface area (Å²) in [6.45, 7) is 5.41. The van der Waals surface area contributed by atoms with Crippen LogP contribution in [0.15, 0.2) is 170 Å². The molecule has 20 heteroatoms. The number of allylic oxidation sites excluding steroid dienone is 1. The molecule has 488 valence electrons. The zero-order valence-electron chi connectivity index (χ0n) is 51.2. The number of aromatic nitrogens is 4. The second-order valence-electron chi connectivity index (χ2n) is 24.8. The quantitative estimate of drug-likeness (QED) is 0.0821. The van der Waals surface area contributed by atoms with Gasteiger partial charge in [0.25, 0.3) is 0 Å². The lowest BCUT2D eigenvalue weighted by Crippen LogP contribution is -2.15. The third-order valence-electron chi connectivity index (χ3n) is 18.8. The fraction of sp³-hybridized carbons (Fsp3) is 0.103. The smallest absolute Gasteiger partial charge is 0.311 e. The van der Waals surface area contributed by atoms with E-state index in [1.54, 1.807) is 149 Å². The molecule has 4 nitrogen and oxygen atoms in total. The van der Waals surface area contributed by atoms with Crippen molar-refractivity contribution < 1.29 is 70.2 Å². The van der Waals surface area contributed by atoms with Crippen LogP contribution in [0.1, 0.15) is 56.6 Å². The molecule has 0 saturated carbocycles. The van der Waals surface area contributed by atoms with E-state index in [2.05, 4.69) is 0 Å². The maximum Gasteiger partial charge on any atom is 0.417 e. The molecule has 1 aliphatic carbocycles. The van der Waals surface area contributed by atoms with Crippen LogP contribution in [0.2, 0.25) is 0 Å². The molecule has 0 N–H and O–H groups in total. The van der Waals surface area contributed by atoms with Crippen molar-refractivity contribution in [3.05, 3.63) is 278 Å². The van der Waals surface area contributed by atoms with Crippen LogP contribution in [0.25, 0.3) is 127 Å². The number of fused-ring (bicyclic) bond motifs is 12. The lowest BCUT2D eigenvalue weighted by atomic mass is 9.95. The van der Waals surface area contributed by atoms with Crippen LogP contribution in [0, 0.1) is 78.9 Å². The van der Waals surface area contributed by atoms with Gasteiger partial charge in [-0.15, -0.1) is 0 Å². The van der Waals surface area contributed by atoms with Gasteiger partial charge in [-0.05, 0) is 136 Å². The number of para-hydroxylation sites is 2. The topological polar surface area (TPSA) is 19.7 Å². The van der Waals surface area contributed by atoms with Crippen molar-refractivity contribution in [3.8, 4) is 45.0 Å². The fourth-order valence-electron chi connectivity index (χ4n) is 14.6. The van der Waals surface area contributed by atoms with Gasteiger partial charge in [-0.3, -0.25) is 0 Å². The van der Waals surface area contributed by atoms with Crippen molar-refractivity contribution in [2.45, 2.75) is 52.4 Å². The third-order valence-corrected chi connectivity index (χ3v) is 18.8. The Balaban J connectivity index is 0.954. The van der Waals surface area contributed by atoms with E-state index in [1.807, 2.05) is 37.3 Å². The molecule has 0 aliphatic heterocycles. The van der Waals surface area contributed by atoms with Gasteiger partial charge < -0.3 is 18.3 Å². The Morgan fingerprint density at radius 3 is 1.18 bits per heavy atom. The first-order valence-corrected chi connectivity index (χ1v) is 30.7. The summed E-state index contributed by atoms with van der Waals surface area (Å²) >= 11 is 0. The molecule has 1 aliphatic rings. The molecule has 0 bridgehead atoms. The van der Waals surface area contributed by atoms with E-state index in [0.29, 0.717) is 123 Å². The molecule has 0 amide bonds. The predicted molar refractivity (Wildman–Crippen MR) is 348 cm³/mol. The summed E-state index contributed by atoms with van der Waals surface area (Å²) in [6.07, 6.45) is -6.62. The highest BCUT2D eigenvalue weighted by atomic mass is 19.4. The Labute approximate surface area is 544 Å². The van der Waals surface area contributed by atoms with Gasteiger partial charge >= 0.3 is 12.4 Å². The monoisotopic (exact) mass is 1340 g/mol. The highest BCUT2D eigenvalue weighted by Gasteiger charge is 2.42. The molecule has 0 fully saturated rings. The molecule has 11 aromatic carbocycles. The van der Waals surface area contributed by atoms with Crippen LogP contribution in [0.4, 0.5) is 70.2 Å². The second kappa shape index (κ2) is 22.0. The zero-order valence-corrected chi connectivity index (χ0v) is 51.2. The Morgan fingerprint density at radius 2 is 0.684 bits per heavy atom. The molecule has 0 spiro atoms. The summed E-state index contributed by atoms with van der Waals surface area (Å²) in [5.74, 6) is -24.9. The Hall–Kier alpha value is -11.0. The summed E-state index contributed by atoms with van der Waals surface area (Å²) in [7, 11) is 0. The van der Waals surface area contributed by atoms with Crippen molar-refractivity contribution in [2.75, 3.05) is 0 Å². The van der Waals surface area contributed by atoms with E-state index in [9.17, 15) is 8.78 Å². The van der Waals surface area contributed by atoms with Crippen LogP contribution < -0.4 is 0 Å². The van der Waals surface area contributed by atoms with Crippen LogP contribution in [-0.4, -0.2) is 18.3 Å². The van der Waals surface area contributed by atoms with Gasteiger partial charge in [-0.25, -0.2) is 43.9 Å². The zero-order chi connectivity index (χ0) is 68.6. The standard InChI is InChI=1S/C78H44F16N4/c1-36-17-24-56-47(26-36)43-12-6-9-15-55(43)95(56)61-32-49(65-67(79)71(83)75(87)72(84)68(65)80)51(77(89,90)91)34-63(61)98-57-25-18-37(2)27-48(57)46-23-20-40(31-60(46)98)29-39-19-22-45-42-11-5-8-14-54(42)97(59(45)30-39)64-35-52(78(92,93)94)50(66-69(81)73(85)76(88)74(86)70(66)82)33-62(64)96-53-13-7-4-10-41(53)44-21-16-38(3)28-58(44)96/h4-7,9-13,15-28,30-35H,8,14,29H2,1-3H3. The molecule has 15 aromatic rings. The lowest BCUT2D eigenvalue weighted by Gasteiger charge is -2.24. The van der Waals surface area contributed by atoms with E-state index in [-0.39, 0.29) is 35.6 Å². The van der Waals surface area contributed by atoms with Crippen LogP contribution in [-0.2, 0) is 25.2 Å². The van der Waals surface area contributed by atoms with E-state index >= 15 is 61.5 Å². The summed E-state index contributed by atoms with van der Waals surface area (Å²) in [5.41, 5.74) is -3.43. The highest BCUT2D eigenvalue weighted by Crippen LogP contribution is 2.50. The molecule has 16 rings (SSSR count). The van der Waals surface area contributed by atoms with Crippen LogP contribution in [0.3, 0.4) is 0 Å². The second-order valence-corrected chi connectivity index (χ2v) is 24.8. The Kier molecular flexibility index (Phi) is 13.9. The summed E-state index contributed by atoms with van der Waals surface area (Å²) in [6, 6.07) is 43.1. The summed E-state index contributed by atoms with van der Waals surface area (Å²) < 4.78 is 258. The van der Waals surface area contributed by atoms with Gasteiger partial charge in [-0.1, -0.05) is 108 Å². The highest BCUT2D eigenvalue weighted by molar-refractivity contribution is 6.13. The van der Waals surface area contributed by atoms with Crippen LogP contribution in [0.5, 0.6) is 0 Å². The van der Waals surface area contributed by atoms with Gasteiger partial charge in [-0.2, -0.15) is 26.3 Å². The van der Waals surface area contributed by atoms with E-state index in [0.717, 1.165) is 23.3 Å². The van der Waals surface area contributed by atoms with Crippen molar-refractivity contribution in [3.63, 3.8) is 0 Å². The Morgan fingerprint density at radius 1 is 0.327 bits per heavy atom. The minimum Gasteiger partial charge on any atom is -0.311 e. The molecule has 4 aromatic heterocycles. The Bertz CT molecular complexity index is 5990. The van der Waals surface area contributed by atoms with Crippen molar-refractivity contribution >= 4 is 82.4 Å². The predicted octanol–water partition coefficient (Wildman–Crippen LogP) is 23.2. The minimum atomic E-state index is -5.51. The number of rotatable bonds is 8. The number of hydrogen-bond acceptors (Lipinski definition) is 0. The first kappa shape index (κ1) is 61.8. The van der Waals surface area contributed by atoms with Gasteiger partial charge in [0.2, 0.25) is 11.6 Å². The number of hydrogen-bond donors (Lipinski definition) is 0. The number of nitrogens with zero attached hydrogens (tertiary/aromatic N) is 4. The molecule has 0 radical (unpaired) electrons. The first-order chi connectivity index (χ1) is 46.8. The third kappa shape index (κ3) is 9.22. The fourth-order valence-corrected chi connectivity index (χ4v) is 14.6. The summed E-state index contributed by atoms with van der Waals surface area (Å²) in [5, 5.41) is 4.06. The maximum absolute atomic E-state index is 16.2. The van der Waals surface area contributed by atoms with Gasteiger partial charge in [0.1, 0.15) is 0 Å². The molecule has 0 atom stereocenters. The van der Waals surface area contributed by atoms with Gasteiger partial charge in [0.05, 0.1) is 83.6 Å². The minimum absolute atomic E-state index is 0.0240. The van der Waals surface area contributed by atoms with Crippen LogP contribution >= 0.6 is 0 Å². The largest absolute Gasteiger partial charge is 0.417 e. The van der Waals surface area contributed by atoms with Crippen molar-refractivity contribution in [2.24, 2.45) is 0 Å². The number of halogens is 16. The van der Waals surface area contributed by atoms with E-state index < -0.39 is 104 Å². The van der Waals surface area contributed by atoms with E-state index in [4.69, 9.17) is 0 Å². The SMILES string of the molecule is Cc1ccc2c(c1)c1ccccc1n2-c1cc(-c2c(F)c(F)c(F)c(F)c2F)c(C(F)(F)F)cc1-n1c2ccc(C)cc2c2ccc(Cc3ccc4c5c(n(-c6cc(C(F)(F)F)c(-c7c(F)c(F)c(F)c(F)c7F)cc6-n6c7ccccc7c7ccc(C)cc76)c4c3)CCC=C5)cc21. The molecule has 98 heavy (non-hydrogen) atoms. The molecule has 0 unspecified atom stereocenters. The van der Waals surface area contributed by atoms with Crippen molar-refractivity contribution in [1.29, 1.82) is 0 Å². The molecule has 0 saturated heterocycles. The van der Waals surface area contributed by atoms with Gasteiger partial charge in [0, 0.05) is 60.1 Å². The summed E-state index contributed by atoms with van der Waals surface area (Å²) in [4.78, 5) is 0. The molecular formula is C78H44F16N4. The number of benzene rings is 11.